The van der Waals surface area contributed by atoms with Gasteiger partial charge in [-0.2, -0.15) is 13.2 Å². The van der Waals surface area contributed by atoms with Gasteiger partial charge in [-0.25, -0.2) is 0 Å². The maximum atomic E-state index is 12.1. The Kier molecular flexibility index (Phi) is 4.80. The van der Waals surface area contributed by atoms with Gasteiger partial charge in [-0.05, 0) is 19.1 Å². The van der Waals surface area contributed by atoms with Crippen molar-refractivity contribution in [2.24, 2.45) is 0 Å². The first-order chi connectivity index (χ1) is 10.3. The Balaban J connectivity index is 1.97. The van der Waals surface area contributed by atoms with E-state index in [1.54, 1.807) is 18.2 Å². The van der Waals surface area contributed by atoms with Gasteiger partial charge in [-0.3, -0.25) is 4.79 Å². The van der Waals surface area contributed by atoms with Crippen molar-refractivity contribution in [3.63, 3.8) is 0 Å². The van der Waals surface area contributed by atoms with Gasteiger partial charge < -0.3 is 19.7 Å². The van der Waals surface area contributed by atoms with Crippen LogP contribution < -0.4 is 15.0 Å². The molecule has 1 aliphatic heterocycles. The summed E-state index contributed by atoms with van der Waals surface area (Å²) in [5, 5.41) is 2.51. The highest BCUT2D eigenvalue weighted by atomic mass is 19.4. The topological polar surface area (TPSA) is 50.8 Å². The van der Waals surface area contributed by atoms with Gasteiger partial charge in [-0.15, -0.1) is 0 Å². The molecule has 1 heterocycles. The minimum Gasteiger partial charge on any atom is -0.489 e. The average Bonchev–Trinajstić information content (AvgIpc) is 2.44. The zero-order valence-electron chi connectivity index (χ0n) is 12.2. The minimum atomic E-state index is -4.46. The highest BCUT2D eigenvalue weighted by Crippen LogP contribution is 2.33. The fourth-order valence-electron chi connectivity index (χ4n) is 1.97. The molecule has 0 spiro atoms. The quantitative estimate of drug-likeness (QED) is 0.926. The van der Waals surface area contributed by atoms with Crippen LogP contribution >= 0.6 is 0 Å². The lowest BCUT2D eigenvalue weighted by Gasteiger charge is -2.28. The summed E-state index contributed by atoms with van der Waals surface area (Å²) in [4.78, 5) is 13.8. The first-order valence-electron chi connectivity index (χ1n) is 6.73. The number of carbonyl (C=O) groups excluding carboxylic acids is 1. The molecule has 22 heavy (non-hydrogen) atoms. The monoisotopic (exact) mass is 318 g/mol. The molecule has 1 N–H and O–H groups in total. The number of halogens is 3. The van der Waals surface area contributed by atoms with Crippen LogP contribution in [0.25, 0.3) is 0 Å². The number of hydrogen-bond donors (Lipinski definition) is 1. The molecule has 1 amide bonds. The molecule has 122 valence electrons. The summed E-state index contributed by atoms with van der Waals surface area (Å²) in [6.07, 6.45) is -5.67. The second-order valence-electron chi connectivity index (χ2n) is 5.01. The number of hydrogen-bond acceptors (Lipinski definition) is 4. The third kappa shape index (κ3) is 4.27. The molecule has 1 unspecified atom stereocenters. The molecule has 1 aromatic carbocycles. The summed E-state index contributed by atoms with van der Waals surface area (Å²) >= 11 is 0. The van der Waals surface area contributed by atoms with Crippen molar-refractivity contribution in [1.29, 1.82) is 0 Å². The first kappa shape index (κ1) is 16.4. The van der Waals surface area contributed by atoms with E-state index in [1.165, 1.54) is 6.92 Å². The van der Waals surface area contributed by atoms with E-state index in [2.05, 4.69) is 10.1 Å². The fraction of sp³-hybridized carbons (Fsp3) is 0.500. The minimum absolute atomic E-state index is 0.446. The zero-order valence-corrected chi connectivity index (χ0v) is 12.2. The number of nitrogens with one attached hydrogen (secondary N) is 1. The number of rotatable bonds is 4. The lowest BCUT2D eigenvalue weighted by Crippen LogP contribution is -2.32. The summed E-state index contributed by atoms with van der Waals surface area (Å²) < 4.78 is 46.2. The molecule has 2 rings (SSSR count). The smallest absolute Gasteiger partial charge is 0.411 e. The highest BCUT2D eigenvalue weighted by molar-refractivity contribution is 5.94. The Labute approximate surface area is 126 Å². The second kappa shape index (κ2) is 6.43. The largest absolute Gasteiger partial charge is 0.489 e. The molecule has 0 bridgehead atoms. The van der Waals surface area contributed by atoms with Gasteiger partial charge in [0.15, 0.2) is 0 Å². The van der Waals surface area contributed by atoms with E-state index in [9.17, 15) is 18.0 Å². The predicted octanol–water partition coefficient (Wildman–Crippen LogP) is 2.42. The third-order valence-corrected chi connectivity index (χ3v) is 3.19. The molecule has 0 aromatic heterocycles. The summed E-state index contributed by atoms with van der Waals surface area (Å²) in [6, 6.07) is 5.09. The van der Waals surface area contributed by atoms with Crippen LogP contribution in [-0.4, -0.2) is 45.0 Å². The molecule has 0 aliphatic carbocycles. The van der Waals surface area contributed by atoms with Gasteiger partial charge in [0.05, 0.1) is 12.2 Å². The molecule has 0 saturated carbocycles. The zero-order chi connectivity index (χ0) is 16.3. The van der Waals surface area contributed by atoms with Crippen molar-refractivity contribution in [1.82, 2.24) is 0 Å². The number of likely N-dealkylation sites (N-methyl/N-ethyl adjacent to an activating group) is 1. The molecular formula is C14H17F3N2O3. The van der Waals surface area contributed by atoms with Crippen molar-refractivity contribution < 1.29 is 27.4 Å². The van der Waals surface area contributed by atoms with Crippen LogP contribution in [0, 0.1) is 0 Å². The van der Waals surface area contributed by atoms with E-state index in [0.717, 1.165) is 12.2 Å². The van der Waals surface area contributed by atoms with E-state index < -0.39 is 24.8 Å². The lowest BCUT2D eigenvalue weighted by molar-refractivity contribution is -0.184. The van der Waals surface area contributed by atoms with Gasteiger partial charge in [0.25, 0.3) is 5.91 Å². The molecule has 8 heteroatoms. The van der Waals surface area contributed by atoms with Crippen LogP contribution in [0.3, 0.4) is 0 Å². The first-order valence-corrected chi connectivity index (χ1v) is 6.73. The summed E-state index contributed by atoms with van der Waals surface area (Å²) in [7, 11) is 1.92. The van der Waals surface area contributed by atoms with E-state index in [1.807, 2.05) is 11.9 Å². The number of amides is 1. The molecule has 5 nitrogen and oxygen atoms in total. The summed E-state index contributed by atoms with van der Waals surface area (Å²) in [6.45, 7) is 1.11. The van der Waals surface area contributed by atoms with Crippen LogP contribution in [0.5, 0.6) is 5.75 Å². The number of benzene rings is 1. The summed E-state index contributed by atoms with van der Waals surface area (Å²) in [5.74, 6) is -0.0243. The van der Waals surface area contributed by atoms with Crippen molar-refractivity contribution in [3.05, 3.63) is 18.2 Å². The van der Waals surface area contributed by atoms with Crippen LogP contribution in [0.4, 0.5) is 24.5 Å². The summed E-state index contributed by atoms with van der Waals surface area (Å²) in [5.41, 5.74) is 1.34. The van der Waals surface area contributed by atoms with E-state index in [4.69, 9.17) is 4.74 Å². The fourth-order valence-corrected chi connectivity index (χ4v) is 1.97. The standard InChI is InChI=1S/C14H17F3N2O3/c1-9(22-8-14(15,16)17)13(20)18-10-3-4-11-12(7-10)21-6-5-19(11)2/h3-4,7,9H,5-6,8H2,1-2H3,(H,18,20). The van der Waals surface area contributed by atoms with Crippen molar-refractivity contribution in [3.8, 4) is 5.75 Å². The molecule has 1 aliphatic rings. The number of carbonyl (C=O) groups is 1. The Morgan fingerprint density at radius 2 is 2.23 bits per heavy atom. The number of nitrogens with zero attached hydrogens (tertiary/aromatic N) is 1. The van der Waals surface area contributed by atoms with Crippen LogP contribution in [0.1, 0.15) is 6.92 Å². The van der Waals surface area contributed by atoms with Gasteiger partial charge in [0.1, 0.15) is 25.1 Å². The predicted molar refractivity (Wildman–Crippen MR) is 75.3 cm³/mol. The number of alkyl halides is 3. The van der Waals surface area contributed by atoms with E-state index in [-0.39, 0.29) is 0 Å². The number of fused-ring (bicyclic) bond motifs is 1. The lowest BCUT2D eigenvalue weighted by atomic mass is 10.2. The Morgan fingerprint density at radius 1 is 1.50 bits per heavy atom. The Bertz CT molecular complexity index is 549. The molecule has 0 saturated heterocycles. The maximum absolute atomic E-state index is 12.1. The van der Waals surface area contributed by atoms with Gasteiger partial charge in [0.2, 0.25) is 0 Å². The Hall–Kier alpha value is -1.96. The number of anilines is 2. The molecule has 0 radical (unpaired) electrons. The van der Waals surface area contributed by atoms with Crippen molar-refractivity contribution in [2.75, 3.05) is 37.0 Å². The Morgan fingerprint density at radius 3 is 2.91 bits per heavy atom. The number of ether oxygens (including phenoxy) is 2. The SMILES string of the molecule is CC(OCC(F)(F)F)C(=O)Nc1ccc2c(c1)OCCN2C. The van der Waals surface area contributed by atoms with Crippen LogP contribution in [0.15, 0.2) is 18.2 Å². The average molecular weight is 318 g/mol. The van der Waals surface area contributed by atoms with Crippen LogP contribution in [0.2, 0.25) is 0 Å². The molecule has 1 aromatic rings. The van der Waals surface area contributed by atoms with Gasteiger partial charge in [0, 0.05) is 18.8 Å². The normalized spacial score (nSPS) is 15.8. The van der Waals surface area contributed by atoms with Gasteiger partial charge >= 0.3 is 6.18 Å². The van der Waals surface area contributed by atoms with Crippen LogP contribution in [-0.2, 0) is 9.53 Å². The second-order valence-corrected chi connectivity index (χ2v) is 5.01. The molecule has 1 atom stereocenters. The van der Waals surface area contributed by atoms with Gasteiger partial charge in [-0.1, -0.05) is 0 Å². The van der Waals surface area contributed by atoms with Crippen molar-refractivity contribution in [2.45, 2.75) is 19.2 Å². The maximum Gasteiger partial charge on any atom is 0.411 e. The van der Waals surface area contributed by atoms with E-state index >= 15 is 0 Å². The van der Waals surface area contributed by atoms with Crippen molar-refractivity contribution >= 4 is 17.3 Å². The molecular weight excluding hydrogens is 301 g/mol. The molecule has 0 fully saturated rings. The highest BCUT2D eigenvalue weighted by Gasteiger charge is 2.30. The third-order valence-electron chi connectivity index (χ3n) is 3.19. The van der Waals surface area contributed by atoms with E-state index in [0.29, 0.717) is 18.0 Å².